The third kappa shape index (κ3) is 3.27. The highest BCUT2D eigenvalue weighted by Gasteiger charge is 2.33. The SMILES string of the molecule is CCCN(C1CC1)C(CN)CC(N)=O. The van der Waals surface area contributed by atoms with E-state index in [0.29, 0.717) is 19.0 Å². The molecule has 0 bridgehead atoms. The Kier molecular flexibility index (Phi) is 4.35. The molecule has 0 aliphatic heterocycles. The van der Waals surface area contributed by atoms with Gasteiger partial charge in [-0.05, 0) is 25.8 Å². The first kappa shape index (κ1) is 11.5. The fraction of sp³-hybridized carbons (Fsp3) is 0.900. The molecule has 4 heteroatoms. The van der Waals surface area contributed by atoms with Crippen LogP contribution in [0.1, 0.15) is 32.6 Å². The summed E-state index contributed by atoms with van der Waals surface area (Å²) in [4.78, 5) is 13.2. The number of primary amides is 1. The maximum atomic E-state index is 10.9. The first-order valence-electron chi connectivity index (χ1n) is 5.43. The second-order valence-corrected chi connectivity index (χ2v) is 4.03. The van der Waals surface area contributed by atoms with Crippen LogP contribution in [-0.2, 0) is 4.79 Å². The van der Waals surface area contributed by atoms with Gasteiger partial charge in [-0.2, -0.15) is 0 Å². The topological polar surface area (TPSA) is 72.3 Å². The summed E-state index contributed by atoms with van der Waals surface area (Å²) in [6.07, 6.45) is 3.99. The van der Waals surface area contributed by atoms with Crippen molar-refractivity contribution in [1.82, 2.24) is 4.90 Å². The number of carbonyl (C=O) groups excluding carboxylic acids is 1. The molecule has 14 heavy (non-hydrogen) atoms. The molecule has 0 spiro atoms. The molecule has 1 aliphatic rings. The van der Waals surface area contributed by atoms with Crippen molar-refractivity contribution in [3.63, 3.8) is 0 Å². The summed E-state index contributed by atoms with van der Waals surface area (Å²) < 4.78 is 0. The second-order valence-electron chi connectivity index (χ2n) is 4.03. The highest BCUT2D eigenvalue weighted by molar-refractivity contribution is 5.74. The summed E-state index contributed by atoms with van der Waals surface area (Å²) in [5.74, 6) is -0.248. The van der Waals surface area contributed by atoms with Crippen molar-refractivity contribution in [1.29, 1.82) is 0 Å². The Bertz CT molecular complexity index is 192. The quantitative estimate of drug-likeness (QED) is 0.609. The van der Waals surface area contributed by atoms with Crippen LogP contribution in [-0.4, -0.2) is 36.0 Å². The third-order valence-electron chi connectivity index (χ3n) is 2.68. The van der Waals surface area contributed by atoms with Crippen LogP contribution in [0.3, 0.4) is 0 Å². The Balaban J connectivity index is 2.48. The van der Waals surface area contributed by atoms with Gasteiger partial charge in [0, 0.05) is 25.0 Å². The summed E-state index contributed by atoms with van der Waals surface area (Å²) in [6.45, 7) is 3.70. The number of hydrogen-bond acceptors (Lipinski definition) is 3. The molecule has 1 unspecified atom stereocenters. The van der Waals surface area contributed by atoms with Gasteiger partial charge in [-0.25, -0.2) is 0 Å². The minimum atomic E-state index is -0.248. The standard InChI is InChI=1S/C10H21N3O/c1-2-5-13(8-3-4-8)9(7-11)6-10(12)14/h8-9H,2-7,11H2,1H3,(H2,12,14). The average molecular weight is 199 g/mol. The van der Waals surface area contributed by atoms with Crippen molar-refractivity contribution in [2.45, 2.75) is 44.7 Å². The van der Waals surface area contributed by atoms with E-state index in [1.54, 1.807) is 0 Å². The van der Waals surface area contributed by atoms with Crippen LogP contribution in [0.25, 0.3) is 0 Å². The van der Waals surface area contributed by atoms with Gasteiger partial charge in [0.05, 0.1) is 0 Å². The van der Waals surface area contributed by atoms with E-state index in [1.807, 2.05) is 0 Å². The lowest BCUT2D eigenvalue weighted by Crippen LogP contribution is -2.44. The normalized spacial score (nSPS) is 18.5. The van der Waals surface area contributed by atoms with Crippen LogP contribution in [0.5, 0.6) is 0 Å². The maximum absolute atomic E-state index is 10.9. The largest absolute Gasteiger partial charge is 0.370 e. The maximum Gasteiger partial charge on any atom is 0.219 e. The minimum Gasteiger partial charge on any atom is -0.370 e. The van der Waals surface area contributed by atoms with Gasteiger partial charge < -0.3 is 11.5 Å². The predicted octanol–water partition coefficient (Wildman–Crippen LogP) is 0.0635. The zero-order valence-corrected chi connectivity index (χ0v) is 8.91. The van der Waals surface area contributed by atoms with Gasteiger partial charge in [-0.3, -0.25) is 9.69 Å². The van der Waals surface area contributed by atoms with E-state index >= 15 is 0 Å². The van der Waals surface area contributed by atoms with E-state index in [-0.39, 0.29) is 11.9 Å². The molecule has 1 atom stereocenters. The van der Waals surface area contributed by atoms with Gasteiger partial charge in [-0.15, -0.1) is 0 Å². The fourth-order valence-electron chi connectivity index (χ4n) is 1.90. The number of nitrogens with two attached hydrogens (primary N) is 2. The Morgan fingerprint density at radius 3 is 2.57 bits per heavy atom. The van der Waals surface area contributed by atoms with Gasteiger partial charge in [0.25, 0.3) is 0 Å². The van der Waals surface area contributed by atoms with E-state index in [1.165, 1.54) is 12.8 Å². The van der Waals surface area contributed by atoms with Crippen LogP contribution < -0.4 is 11.5 Å². The lowest BCUT2D eigenvalue weighted by Gasteiger charge is -2.29. The summed E-state index contributed by atoms with van der Waals surface area (Å²) in [5, 5.41) is 0. The van der Waals surface area contributed by atoms with E-state index in [4.69, 9.17) is 11.5 Å². The Morgan fingerprint density at radius 2 is 2.21 bits per heavy atom. The first-order valence-corrected chi connectivity index (χ1v) is 5.43. The lowest BCUT2D eigenvalue weighted by molar-refractivity contribution is -0.119. The monoisotopic (exact) mass is 199 g/mol. The van der Waals surface area contributed by atoms with E-state index < -0.39 is 0 Å². The lowest BCUT2D eigenvalue weighted by atomic mass is 10.1. The molecular formula is C10H21N3O. The number of nitrogens with zero attached hydrogens (tertiary/aromatic N) is 1. The molecule has 0 heterocycles. The predicted molar refractivity (Wildman–Crippen MR) is 56.7 cm³/mol. The number of amides is 1. The molecule has 1 aliphatic carbocycles. The Morgan fingerprint density at radius 1 is 1.57 bits per heavy atom. The third-order valence-corrected chi connectivity index (χ3v) is 2.68. The van der Waals surface area contributed by atoms with Gasteiger partial charge in [0.2, 0.25) is 5.91 Å². The first-order chi connectivity index (χ1) is 6.69. The molecular weight excluding hydrogens is 178 g/mol. The van der Waals surface area contributed by atoms with Crippen molar-refractivity contribution >= 4 is 5.91 Å². The average Bonchev–Trinajstić information content (AvgIpc) is 2.93. The fourth-order valence-corrected chi connectivity index (χ4v) is 1.90. The Hall–Kier alpha value is -0.610. The number of carbonyl (C=O) groups is 1. The van der Waals surface area contributed by atoms with Crippen molar-refractivity contribution in [2.24, 2.45) is 11.5 Å². The molecule has 4 nitrogen and oxygen atoms in total. The van der Waals surface area contributed by atoms with Crippen molar-refractivity contribution < 1.29 is 4.79 Å². The number of hydrogen-bond donors (Lipinski definition) is 2. The molecule has 1 saturated carbocycles. The Labute approximate surface area is 85.6 Å². The van der Waals surface area contributed by atoms with E-state index in [9.17, 15) is 4.79 Å². The zero-order chi connectivity index (χ0) is 10.6. The van der Waals surface area contributed by atoms with Gasteiger partial charge >= 0.3 is 0 Å². The minimum absolute atomic E-state index is 0.153. The van der Waals surface area contributed by atoms with Gasteiger partial charge in [-0.1, -0.05) is 6.92 Å². The van der Waals surface area contributed by atoms with Crippen LogP contribution in [0.4, 0.5) is 0 Å². The summed E-state index contributed by atoms with van der Waals surface area (Å²) >= 11 is 0. The molecule has 0 aromatic carbocycles. The molecule has 4 N–H and O–H groups in total. The molecule has 0 aromatic heterocycles. The summed E-state index contributed by atoms with van der Waals surface area (Å²) in [5.41, 5.74) is 10.9. The molecule has 1 rings (SSSR count). The molecule has 0 aromatic rings. The molecule has 82 valence electrons. The van der Waals surface area contributed by atoms with E-state index in [2.05, 4.69) is 11.8 Å². The van der Waals surface area contributed by atoms with Crippen LogP contribution in [0.2, 0.25) is 0 Å². The van der Waals surface area contributed by atoms with Crippen molar-refractivity contribution in [3.8, 4) is 0 Å². The molecule has 1 amide bonds. The van der Waals surface area contributed by atoms with Crippen LogP contribution in [0.15, 0.2) is 0 Å². The summed E-state index contributed by atoms with van der Waals surface area (Å²) in [6, 6.07) is 0.808. The number of rotatable bonds is 7. The van der Waals surface area contributed by atoms with Gasteiger partial charge in [0.1, 0.15) is 0 Å². The van der Waals surface area contributed by atoms with Crippen LogP contribution >= 0.6 is 0 Å². The van der Waals surface area contributed by atoms with E-state index in [0.717, 1.165) is 13.0 Å². The highest BCUT2D eigenvalue weighted by atomic mass is 16.1. The van der Waals surface area contributed by atoms with Crippen LogP contribution in [0, 0.1) is 0 Å². The smallest absolute Gasteiger partial charge is 0.219 e. The second kappa shape index (κ2) is 5.32. The molecule has 1 fully saturated rings. The molecule has 0 saturated heterocycles. The van der Waals surface area contributed by atoms with Crippen molar-refractivity contribution in [3.05, 3.63) is 0 Å². The summed E-state index contributed by atoms with van der Waals surface area (Å²) in [7, 11) is 0. The molecule has 0 radical (unpaired) electrons. The van der Waals surface area contributed by atoms with Gasteiger partial charge in [0.15, 0.2) is 0 Å². The highest BCUT2D eigenvalue weighted by Crippen LogP contribution is 2.29. The van der Waals surface area contributed by atoms with Crippen molar-refractivity contribution in [2.75, 3.05) is 13.1 Å². The zero-order valence-electron chi connectivity index (χ0n) is 8.91.